The smallest absolute Gasteiger partial charge is 0.347 e. The minimum Gasteiger partial charge on any atom is -0.477 e. The van der Waals surface area contributed by atoms with Crippen LogP contribution >= 0.6 is 46.2 Å². The number of hydrogen-bond acceptors (Lipinski definition) is 19. The van der Waals surface area contributed by atoms with Crippen LogP contribution in [0.25, 0.3) is 11.4 Å². The van der Waals surface area contributed by atoms with Crippen molar-refractivity contribution in [1.82, 2.24) is 50.4 Å². The number of aromatic nitrogens is 10. The molecule has 0 atom stereocenters. The van der Waals surface area contributed by atoms with E-state index < -0.39 is 35.9 Å². The maximum absolute atomic E-state index is 11.5. The summed E-state index contributed by atoms with van der Waals surface area (Å²) in [5, 5.41) is 42.3. The Hall–Kier alpha value is -4.22. The van der Waals surface area contributed by atoms with Gasteiger partial charge in [-0.1, -0.05) is 11.3 Å². The Balaban J connectivity index is 0.000000191. The molecule has 27 heteroatoms. The number of benzene rings is 2. The number of carbonyl (C=O) groups is 1. The normalized spacial score (nSPS) is 12.0. The number of nitrogens with zero attached hydrogens (tertiary/aromatic N) is 10. The lowest BCUT2D eigenvalue weighted by Crippen LogP contribution is -2.12. The van der Waals surface area contributed by atoms with E-state index in [9.17, 15) is 30.0 Å². The summed E-state index contributed by atoms with van der Waals surface area (Å²) in [6.45, 7) is 0. The fourth-order valence-corrected chi connectivity index (χ4v) is 8.99. The number of sulfone groups is 1. The Kier molecular flexibility index (Phi) is 10.5. The molecule has 0 saturated heterocycles. The molecule has 0 bridgehead atoms. The first-order chi connectivity index (χ1) is 23.0. The quantitative estimate of drug-likeness (QED) is 0.173. The van der Waals surface area contributed by atoms with Gasteiger partial charge in [0, 0.05) is 6.26 Å². The summed E-state index contributed by atoms with van der Waals surface area (Å²) in [7, 11) is -10.9. The van der Waals surface area contributed by atoms with Gasteiger partial charge in [-0.05, 0) is 92.9 Å². The van der Waals surface area contributed by atoms with Crippen molar-refractivity contribution >= 4 is 82.1 Å². The molecule has 20 nitrogen and oxygen atoms in total. The molecule has 2 aromatic carbocycles. The van der Waals surface area contributed by atoms with Gasteiger partial charge in [-0.2, -0.15) is 9.36 Å². The van der Waals surface area contributed by atoms with Crippen LogP contribution in [-0.2, 0) is 29.9 Å². The van der Waals surface area contributed by atoms with E-state index in [1.54, 1.807) is 0 Å². The highest BCUT2D eigenvalue weighted by Crippen LogP contribution is 2.33. The van der Waals surface area contributed by atoms with Gasteiger partial charge in [0.1, 0.15) is 9.09 Å². The third-order valence-electron chi connectivity index (χ3n) is 5.58. The topological polar surface area (TPSA) is 305 Å². The number of carboxylic acid groups (broad SMARTS) is 1. The van der Waals surface area contributed by atoms with Crippen molar-refractivity contribution in [3.63, 3.8) is 0 Å². The highest BCUT2D eigenvalue weighted by atomic mass is 32.2. The molecule has 4 heterocycles. The van der Waals surface area contributed by atoms with Gasteiger partial charge in [0.25, 0.3) is 0 Å². The van der Waals surface area contributed by atoms with E-state index in [0.29, 0.717) is 30.4 Å². The van der Waals surface area contributed by atoms with E-state index in [0.717, 1.165) is 52.5 Å². The predicted octanol–water partition coefficient (Wildman–Crippen LogP) is 0.936. The van der Waals surface area contributed by atoms with Crippen LogP contribution in [0.3, 0.4) is 0 Å². The number of nitrogens with two attached hydrogens (primary N) is 2. The van der Waals surface area contributed by atoms with Crippen LogP contribution in [-0.4, -0.2) is 93.0 Å². The van der Waals surface area contributed by atoms with Crippen molar-refractivity contribution in [2.45, 2.75) is 33.0 Å². The van der Waals surface area contributed by atoms with Crippen molar-refractivity contribution in [3.8, 4) is 11.4 Å². The molecule has 0 aliphatic rings. The largest absolute Gasteiger partial charge is 0.477 e. The summed E-state index contributed by atoms with van der Waals surface area (Å²) in [6.07, 6.45) is 3.63. The number of tetrazole rings is 2. The first kappa shape index (κ1) is 36.1. The monoisotopic (exact) mass is 802 g/mol. The van der Waals surface area contributed by atoms with Crippen molar-refractivity contribution in [2.75, 3.05) is 6.26 Å². The molecular formula is C22H18N12O8S7. The minimum absolute atomic E-state index is 0.0282. The Labute approximate surface area is 292 Å². The summed E-state index contributed by atoms with van der Waals surface area (Å²) in [4.78, 5) is 18.9. The second-order valence-electron chi connectivity index (χ2n) is 9.04. The van der Waals surface area contributed by atoms with Crippen LogP contribution in [0.4, 0.5) is 0 Å². The van der Waals surface area contributed by atoms with E-state index in [4.69, 9.17) is 15.4 Å². The van der Waals surface area contributed by atoms with Crippen molar-refractivity contribution in [1.29, 1.82) is 0 Å². The maximum Gasteiger partial charge on any atom is 0.347 e. The van der Waals surface area contributed by atoms with E-state index >= 15 is 0 Å². The van der Waals surface area contributed by atoms with Gasteiger partial charge in [0.05, 0.1) is 33.6 Å². The van der Waals surface area contributed by atoms with Gasteiger partial charge in [0.15, 0.2) is 18.5 Å². The van der Waals surface area contributed by atoms with Gasteiger partial charge >= 0.3 is 5.97 Å². The standard InChI is InChI=1S/C11H10N6O4S4.C11H8N6O4S3/c1-24(18,19)9-6-13-11(22-9)23-10-14-15-16-17(10)7-2-4-8(5-3-7)25(12,20)21;12-24(20,21)7-3-1-6(2-4-7)17-10(14-15-16-17)23-11-13-5-8(22-11)9(18)19/h2-6H,1H3,(H2,12,20,21);1-5H,(H,18,19)(H2,12,20,21). The van der Waals surface area contributed by atoms with Gasteiger partial charge in [-0.3, -0.25) is 0 Å². The molecule has 0 amide bonds. The van der Waals surface area contributed by atoms with Crippen LogP contribution < -0.4 is 10.3 Å². The SMILES string of the molecule is CS(=O)(=O)c1cnc(Sc2nnnn2-c2ccc(S(N)(=O)=O)cc2)s1.NS(=O)(=O)c1ccc(-n2nnnc2Sc2ncc(C(=O)O)s2)cc1. The van der Waals surface area contributed by atoms with Gasteiger partial charge in [-0.25, -0.2) is 50.3 Å². The van der Waals surface area contributed by atoms with Crippen molar-refractivity contribution in [3.05, 3.63) is 65.8 Å². The Morgan fingerprint density at radius 3 is 1.51 bits per heavy atom. The van der Waals surface area contributed by atoms with Gasteiger partial charge < -0.3 is 5.11 Å². The summed E-state index contributed by atoms with van der Waals surface area (Å²) in [5.74, 6) is -1.06. The van der Waals surface area contributed by atoms with Crippen LogP contribution in [0.2, 0.25) is 0 Å². The number of thiazole rings is 2. The molecule has 6 rings (SSSR count). The van der Waals surface area contributed by atoms with E-state index in [2.05, 4.69) is 41.0 Å². The molecular weight excluding hydrogens is 785 g/mol. The fraction of sp³-hybridized carbons (Fsp3) is 0.0455. The molecule has 49 heavy (non-hydrogen) atoms. The highest BCUT2D eigenvalue weighted by Gasteiger charge is 2.18. The van der Waals surface area contributed by atoms with E-state index in [-0.39, 0.29) is 18.9 Å². The van der Waals surface area contributed by atoms with Crippen molar-refractivity contribution in [2.24, 2.45) is 10.3 Å². The lowest BCUT2D eigenvalue weighted by atomic mass is 10.3. The second kappa shape index (κ2) is 14.3. The predicted molar refractivity (Wildman–Crippen MR) is 174 cm³/mol. The first-order valence-corrected chi connectivity index (χ1v) is 20.8. The highest BCUT2D eigenvalue weighted by molar-refractivity contribution is 8.01. The zero-order valence-corrected chi connectivity index (χ0v) is 29.8. The Morgan fingerprint density at radius 1 is 0.714 bits per heavy atom. The van der Waals surface area contributed by atoms with Crippen LogP contribution in [0, 0.1) is 0 Å². The minimum atomic E-state index is -3.79. The number of primary sulfonamides is 2. The third-order valence-corrected chi connectivity index (χ3v) is 13.2. The fourth-order valence-electron chi connectivity index (χ4n) is 3.39. The van der Waals surface area contributed by atoms with E-state index in [1.807, 2.05) is 0 Å². The summed E-state index contributed by atoms with van der Waals surface area (Å²) >= 11 is 4.18. The summed E-state index contributed by atoms with van der Waals surface area (Å²) < 4.78 is 71.9. The molecule has 5 N–H and O–H groups in total. The molecule has 0 aliphatic carbocycles. The molecule has 0 saturated carbocycles. The van der Waals surface area contributed by atoms with Crippen molar-refractivity contribution < 1.29 is 35.2 Å². The lowest BCUT2D eigenvalue weighted by Gasteiger charge is -2.04. The average Bonchev–Trinajstić information content (AvgIpc) is 3.85. The molecule has 256 valence electrons. The molecule has 0 unspecified atom stereocenters. The Morgan fingerprint density at radius 2 is 1.14 bits per heavy atom. The first-order valence-electron chi connectivity index (χ1n) is 12.5. The third kappa shape index (κ3) is 9.07. The number of carboxylic acids is 1. The molecule has 0 spiro atoms. The average molecular weight is 803 g/mol. The zero-order valence-electron chi connectivity index (χ0n) is 24.1. The number of rotatable bonds is 10. The molecule has 6 aromatic rings. The number of aromatic carboxylic acids is 1. The number of sulfonamides is 2. The van der Waals surface area contributed by atoms with E-state index in [1.165, 1.54) is 70.3 Å². The zero-order chi connectivity index (χ0) is 35.6. The van der Waals surface area contributed by atoms with Gasteiger partial charge in [0.2, 0.25) is 30.4 Å². The second-order valence-corrected chi connectivity index (χ2v) is 18.9. The lowest BCUT2D eigenvalue weighted by molar-refractivity contribution is 0.0701. The molecule has 4 aromatic heterocycles. The molecule has 0 fully saturated rings. The van der Waals surface area contributed by atoms with Crippen LogP contribution in [0.15, 0.2) is 93.9 Å². The summed E-state index contributed by atoms with van der Waals surface area (Å²) in [6, 6.07) is 11.4. The molecule has 0 aliphatic heterocycles. The summed E-state index contributed by atoms with van der Waals surface area (Å²) in [5.41, 5.74) is 1.03. The van der Waals surface area contributed by atoms with Crippen LogP contribution in [0.5, 0.6) is 0 Å². The van der Waals surface area contributed by atoms with Crippen LogP contribution in [0.1, 0.15) is 9.67 Å². The Bertz CT molecular complexity index is 2460. The molecule has 0 radical (unpaired) electrons. The van der Waals surface area contributed by atoms with Gasteiger partial charge in [-0.15, -0.1) is 21.5 Å². The number of hydrogen-bond donors (Lipinski definition) is 3. The maximum atomic E-state index is 11.5.